The number of carbonyl (C=O) groups is 2. The van der Waals surface area contributed by atoms with Crippen molar-refractivity contribution in [3.8, 4) is 0 Å². The van der Waals surface area contributed by atoms with Gasteiger partial charge in [-0.05, 0) is 30.5 Å². The first kappa shape index (κ1) is 19.1. The number of furan rings is 1. The third-order valence-corrected chi connectivity index (χ3v) is 4.90. The van der Waals surface area contributed by atoms with Crippen LogP contribution in [0.25, 0.3) is 0 Å². The largest absolute Gasteiger partial charge is 0.467 e. The van der Waals surface area contributed by atoms with Crippen LogP contribution in [0.4, 0.5) is 0 Å². The van der Waals surface area contributed by atoms with Crippen LogP contribution in [0.15, 0.2) is 58.1 Å². The molecular weight excluding hydrogens is 368 g/mol. The van der Waals surface area contributed by atoms with Gasteiger partial charge in [0, 0.05) is 6.42 Å². The van der Waals surface area contributed by atoms with Crippen LogP contribution in [0.1, 0.15) is 30.0 Å². The molecule has 2 aromatic rings. The number of hydrogen-bond donors (Lipinski definition) is 0. The molecule has 142 valence electrons. The van der Waals surface area contributed by atoms with Crippen molar-refractivity contribution >= 4 is 28.9 Å². The number of nitrogens with zero attached hydrogens (tertiary/aromatic N) is 2. The molecule has 8 heteroatoms. The van der Waals surface area contributed by atoms with Crippen LogP contribution in [-0.2, 0) is 19.1 Å². The van der Waals surface area contributed by atoms with Gasteiger partial charge in [-0.1, -0.05) is 12.1 Å². The molecule has 2 aromatic heterocycles. The quantitative estimate of drug-likeness (QED) is 0.513. The molecule has 0 spiro atoms. The van der Waals surface area contributed by atoms with Gasteiger partial charge in [0.05, 0.1) is 23.5 Å². The lowest BCUT2D eigenvalue weighted by Gasteiger charge is -2.20. The zero-order valence-corrected chi connectivity index (χ0v) is 15.7. The summed E-state index contributed by atoms with van der Waals surface area (Å²) in [5, 5.41) is 7.74. The van der Waals surface area contributed by atoms with Gasteiger partial charge in [0.1, 0.15) is 11.8 Å². The van der Waals surface area contributed by atoms with Gasteiger partial charge in [0.25, 0.3) is 5.91 Å². The second kappa shape index (κ2) is 8.79. The highest BCUT2D eigenvalue weighted by Crippen LogP contribution is 2.34. The molecule has 3 heterocycles. The van der Waals surface area contributed by atoms with Crippen LogP contribution in [0.3, 0.4) is 0 Å². The van der Waals surface area contributed by atoms with E-state index in [0.717, 1.165) is 10.6 Å². The molecule has 0 aromatic carbocycles. The van der Waals surface area contributed by atoms with E-state index in [1.54, 1.807) is 36.7 Å². The summed E-state index contributed by atoms with van der Waals surface area (Å²) in [6.07, 6.45) is 2.85. The normalized spacial score (nSPS) is 17.4. The Morgan fingerprint density at radius 2 is 2.33 bits per heavy atom. The van der Waals surface area contributed by atoms with E-state index in [4.69, 9.17) is 13.9 Å². The highest BCUT2D eigenvalue weighted by Gasteiger charge is 2.35. The molecule has 1 aliphatic rings. The number of hydrogen-bond acceptors (Lipinski definition) is 7. The van der Waals surface area contributed by atoms with E-state index in [-0.39, 0.29) is 12.6 Å². The summed E-state index contributed by atoms with van der Waals surface area (Å²) in [6.45, 7) is 4.89. The minimum absolute atomic E-state index is 0.228. The van der Waals surface area contributed by atoms with Gasteiger partial charge in [-0.25, -0.2) is 9.80 Å². The molecule has 2 unspecified atom stereocenters. The Balaban J connectivity index is 1.68. The maximum Gasteiger partial charge on any atom is 0.335 e. The number of ether oxygens (including phenoxy) is 2. The number of amides is 1. The maximum absolute atomic E-state index is 12.7. The van der Waals surface area contributed by atoms with Crippen LogP contribution in [0.5, 0.6) is 0 Å². The molecule has 1 aliphatic heterocycles. The third kappa shape index (κ3) is 4.53. The van der Waals surface area contributed by atoms with Gasteiger partial charge >= 0.3 is 5.97 Å². The molecule has 0 aliphatic carbocycles. The summed E-state index contributed by atoms with van der Waals surface area (Å²) in [5.41, 5.74) is 0.800. The summed E-state index contributed by atoms with van der Waals surface area (Å²) in [6, 6.07) is 7.09. The molecule has 27 heavy (non-hydrogen) atoms. The van der Waals surface area contributed by atoms with E-state index >= 15 is 0 Å². The summed E-state index contributed by atoms with van der Waals surface area (Å²) >= 11 is 1.55. The van der Waals surface area contributed by atoms with Crippen molar-refractivity contribution in [1.29, 1.82) is 0 Å². The third-order valence-electron chi connectivity index (χ3n) is 3.98. The van der Waals surface area contributed by atoms with Crippen LogP contribution in [-0.4, -0.2) is 41.9 Å². The lowest BCUT2D eigenvalue weighted by atomic mass is 10.1. The number of esters is 1. The Labute approximate surface area is 160 Å². The van der Waals surface area contributed by atoms with Crippen LogP contribution < -0.4 is 0 Å². The molecule has 3 rings (SSSR count). The molecule has 0 bridgehead atoms. The molecule has 2 atom stereocenters. The van der Waals surface area contributed by atoms with Crippen molar-refractivity contribution in [3.63, 3.8) is 0 Å². The number of hydrazone groups is 1. The number of rotatable bonds is 8. The predicted octanol–water partition coefficient (Wildman–Crippen LogP) is 3.15. The van der Waals surface area contributed by atoms with Crippen LogP contribution in [0, 0.1) is 0 Å². The minimum Gasteiger partial charge on any atom is -0.467 e. The second-order valence-corrected chi connectivity index (χ2v) is 6.82. The molecule has 0 saturated heterocycles. The standard InChI is InChI=1S/C19H20N2O5S/c1-3-8-24-13(2)19(23)26-12-18(22)21-15(16-6-4-9-25-16)11-14(20-21)17-7-5-10-27-17/h3-7,9-10,13,15H,1,8,11-12H2,2H3. The summed E-state index contributed by atoms with van der Waals surface area (Å²) in [4.78, 5) is 25.6. The van der Waals surface area contributed by atoms with Crippen LogP contribution in [0.2, 0.25) is 0 Å². The average Bonchev–Trinajstić information content (AvgIpc) is 3.42. The molecule has 1 amide bonds. The summed E-state index contributed by atoms with van der Waals surface area (Å²) < 4.78 is 15.7. The lowest BCUT2D eigenvalue weighted by Crippen LogP contribution is -2.33. The van der Waals surface area contributed by atoms with E-state index in [2.05, 4.69) is 11.7 Å². The molecule has 0 N–H and O–H groups in total. The average molecular weight is 388 g/mol. The molecular formula is C19H20N2O5S. The van der Waals surface area contributed by atoms with E-state index in [0.29, 0.717) is 12.2 Å². The van der Waals surface area contributed by atoms with Crippen molar-refractivity contribution in [1.82, 2.24) is 5.01 Å². The number of thiophene rings is 1. The summed E-state index contributed by atoms with van der Waals surface area (Å²) in [7, 11) is 0. The summed E-state index contributed by atoms with van der Waals surface area (Å²) in [5.74, 6) is -0.402. The van der Waals surface area contributed by atoms with E-state index < -0.39 is 24.6 Å². The van der Waals surface area contributed by atoms with Crippen molar-refractivity contribution < 1.29 is 23.5 Å². The highest BCUT2D eigenvalue weighted by atomic mass is 32.1. The zero-order chi connectivity index (χ0) is 19.2. The second-order valence-electron chi connectivity index (χ2n) is 5.87. The molecule has 0 fully saturated rings. The van der Waals surface area contributed by atoms with Crippen molar-refractivity contribution in [2.75, 3.05) is 13.2 Å². The fraction of sp³-hybridized carbons (Fsp3) is 0.316. The van der Waals surface area contributed by atoms with Gasteiger partial charge in [-0.2, -0.15) is 5.10 Å². The van der Waals surface area contributed by atoms with E-state index in [9.17, 15) is 9.59 Å². The first-order valence-electron chi connectivity index (χ1n) is 8.46. The maximum atomic E-state index is 12.7. The van der Waals surface area contributed by atoms with E-state index in [1.807, 2.05) is 17.5 Å². The molecule has 7 nitrogen and oxygen atoms in total. The topological polar surface area (TPSA) is 81.3 Å². The zero-order valence-electron chi connectivity index (χ0n) is 14.9. The Kier molecular flexibility index (Phi) is 6.20. The van der Waals surface area contributed by atoms with Gasteiger partial charge in [0.2, 0.25) is 0 Å². The lowest BCUT2D eigenvalue weighted by molar-refractivity contribution is -0.161. The Hall–Kier alpha value is -2.71. The first-order valence-corrected chi connectivity index (χ1v) is 9.34. The van der Waals surface area contributed by atoms with Gasteiger partial charge < -0.3 is 13.9 Å². The van der Waals surface area contributed by atoms with Crippen molar-refractivity contribution in [2.45, 2.75) is 25.5 Å². The predicted molar refractivity (Wildman–Crippen MR) is 100 cm³/mol. The van der Waals surface area contributed by atoms with Crippen molar-refractivity contribution in [2.24, 2.45) is 5.10 Å². The SMILES string of the molecule is C=CCOC(C)C(=O)OCC(=O)N1N=C(c2cccs2)CC1c1ccco1. The monoisotopic (exact) mass is 388 g/mol. The fourth-order valence-electron chi connectivity index (χ4n) is 2.63. The van der Waals surface area contributed by atoms with Gasteiger partial charge in [0.15, 0.2) is 12.7 Å². The van der Waals surface area contributed by atoms with Crippen LogP contribution >= 0.6 is 11.3 Å². The first-order chi connectivity index (χ1) is 13.1. The Bertz CT molecular complexity index is 813. The Morgan fingerprint density at radius 1 is 1.48 bits per heavy atom. The number of carbonyl (C=O) groups excluding carboxylic acids is 2. The molecule has 0 radical (unpaired) electrons. The van der Waals surface area contributed by atoms with Crippen molar-refractivity contribution in [3.05, 3.63) is 59.2 Å². The Morgan fingerprint density at radius 3 is 3.00 bits per heavy atom. The smallest absolute Gasteiger partial charge is 0.335 e. The molecule has 0 saturated carbocycles. The minimum atomic E-state index is -0.777. The fourth-order valence-corrected chi connectivity index (χ4v) is 3.35. The van der Waals surface area contributed by atoms with Gasteiger partial charge in [-0.3, -0.25) is 4.79 Å². The highest BCUT2D eigenvalue weighted by molar-refractivity contribution is 7.12. The van der Waals surface area contributed by atoms with Gasteiger partial charge in [-0.15, -0.1) is 17.9 Å². The van der Waals surface area contributed by atoms with E-state index in [1.165, 1.54) is 11.1 Å².